The number of amides is 1. The number of carbonyl (C=O) groups is 1. The van der Waals surface area contributed by atoms with Gasteiger partial charge in [-0.3, -0.25) is 9.69 Å². The summed E-state index contributed by atoms with van der Waals surface area (Å²) in [4.78, 5) is 19.6. The van der Waals surface area contributed by atoms with Crippen molar-refractivity contribution in [2.45, 2.75) is 20.4 Å². The maximum absolute atomic E-state index is 13.3. The number of nitrogens with zero attached hydrogens (tertiary/aromatic N) is 2. The van der Waals surface area contributed by atoms with E-state index in [4.69, 9.17) is 4.98 Å². The molecule has 0 aliphatic rings. The smallest absolute Gasteiger partial charge is 0.260 e. The van der Waals surface area contributed by atoms with Gasteiger partial charge >= 0.3 is 0 Å². The lowest BCUT2D eigenvalue weighted by Crippen LogP contribution is -2.30. The molecule has 4 aromatic rings. The van der Waals surface area contributed by atoms with Crippen LogP contribution in [-0.4, -0.2) is 10.9 Å². The molecule has 4 rings (SSSR count). The molecule has 0 unspecified atom stereocenters. The summed E-state index contributed by atoms with van der Waals surface area (Å²) in [5.41, 5.74) is 4.69. The number of benzene rings is 3. The molecule has 0 saturated carbocycles. The van der Waals surface area contributed by atoms with Crippen molar-refractivity contribution in [3.8, 4) is 0 Å². The van der Waals surface area contributed by atoms with Gasteiger partial charge in [-0.25, -0.2) is 9.37 Å². The predicted octanol–water partition coefficient (Wildman–Crippen LogP) is 5.90. The summed E-state index contributed by atoms with van der Waals surface area (Å²) in [5.74, 6) is -0.562. The fourth-order valence-corrected chi connectivity index (χ4v) is 4.07. The molecule has 0 aliphatic carbocycles. The van der Waals surface area contributed by atoms with Crippen LogP contribution in [0.1, 0.15) is 27.0 Å². The van der Waals surface area contributed by atoms with Gasteiger partial charge in [-0.1, -0.05) is 41.7 Å². The van der Waals surface area contributed by atoms with Crippen molar-refractivity contribution in [3.63, 3.8) is 0 Å². The highest BCUT2D eigenvalue weighted by atomic mass is 32.1. The lowest BCUT2D eigenvalue weighted by Gasteiger charge is -2.20. The SMILES string of the molecule is Cc1cc2nc(N(Cc3ccccc3)C(=O)c3ccc(F)cc3)sc2cc1C. The zero-order chi connectivity index (χ0) is 19.7. The minimum Gasteiger partial charge on any atom is -0.279 e. The summed E-state index contributed by atoms with van der Waals surface area (Å²) < 4.78 is 14.3. The number of carbonyl (C=O) groups excluding carboxylic acids is 1. The van der Waals surface area contributed by atoms with Crippen LogP contribution in [0.15, 0.2) is 66.7 Å². The average molecular weight is 390 g/mol. The summed E-state index contributed by atoms with van der Waals surface area (Å²) in [6, 6.07) is 19.6. The number of aryl methyl sites for hydroxylation is 2. The summed E-state index contributed by atoms with van der Waals surface area (Å²) in [6.45, 7) is 4.52. The van der Waals surface area contributed by atoms with Crippen LogP contribution < -0.4 is 4.90 Å². The Morgan fingerprint density at radius 1 is 1.00 bits per heavy atom. The van der Waals surface area contributed by atoms with Gasteiger partial charge in [-0.05, 0) is 66.9 Å². The summed E-state index contributed by atoms with van der Waals surface area (Å²) >= 11 is 1.49. The normalized spacial score (nSPS) is 11.0. The van der Waals surface area contributed by atoms with Crippen molar-refractivity contribution in [1.82, 2.24) is 4.98 Å². The Bertz CT molecular complexity index is 1100. The molecule has 0 spiro atoms. The van der Waals surface area contributed by atoms with Crippen LogP contribution in [0.2, 0.25) is 0 Å². The van der Waals surface area contributed by atoms with E-state index < -0.39 is 0 Å². The van der Waals surface area contributed by atoms with Crippen LogP contribution >= 0.6 is 11.3 Å². The third-order valence-electron chi connectivity index (χ3n) is 4.74. The quantitative estimate of drug-likeness (QED) is 0.435. The highest BCUT2D eigenvalue weighted by Gasteiger charge is 2.22. The average Bonchev–Trinajstić information content (AvgIpc) is 3.09. The summed E-state index contributed by atoms with van der Waals surface area (Å²) in [6.07, 6.45) is 0. The molecule has 1 heterocycles. The maximum Gasteiger partial charge on any atom is 0.260 e. The van der Waals surface area contributed by atoms with Gasteiger partial charge in [0.25, 0.3) is 5.91 Å². The largest absolute Gasteiger partial charge is 0.279 e. The van der Waals surface area contributed by atoms with Crippen LogP contribution in [0.3, 0.4) is 0 Å². The molecule has 0 saturated heterocycles. The minimum absolute atomic E-state index is 0.198. The van der Waals surface area contributed by atoms with Crippen molar-refractivity contribution in [1.29, 1.82) is 0 Å². The zero-order valence-corrected chi connectivity index (χ0v) is 16.5. The monoisotopic (exact) mass is 390 g/mol. The van der Waals surface area contributed by atoms with Crippen molar-refractivity contribution in [2.24, 2.45) is 0 Å². The molecule has 3 aromatic carbocycles. The summed E-state index contributed by atoms with van der Waals surface area (Å²) in [5, 5.41) is 0.637. The van der Waals surface area contributed by atoms with Crippen LogP contribution in [0.5, 0.6) is 0 Å². The van der Waals surface area contributed by atoms with Gasteiger partial charge in [-0.15, -0.1) is 0 Å². The van der Waals surface area contributed by atoms with Gasteiger partial charge < -0.3 is 0 Å². The molecule has 1 aromatic heterocycles. The van der Waals surface area contributed by atoms with Gasteiger partial charge in [0.05, 0.1) is 16.8 Å². The first-order chi connectivity index (χ1) is 13.5. The van der Waals surface area contributed by atoms with Crippen LogP contribution in [0.25, 0.3) is 10.2 Å². The topological polar surface area (TPSA) is 33.2 Å². The van der Waals surface area contributed by atoms with Gasteiger partial charge in [0.2, 0.25) is 0 Å². The Morgan fingerprint density at radius 3 is 2.39 bits per heavy atom. The number of hydrogen-bond donors (Lipinski definition) is 0. The highest BCUT2D eigenvalue weighted by Crippen LogP contribution is 2.32. The van der Waals surface area contributed by atoms with Crippen molar-refractivity contribution in [3.05, 3.63) is 94.8 Å². The standard InChI is InChI=1S/C23H19FN2OS/c1-15-12-20-21(13-16(15)2)28-23(25-20)26(14-17-6-4-3-5-7-17)22(27)18-8-10-19(24)11-9-18/h3-13H,14H2,1-2H3. The van der Waals surface area contributed by atoms with Crippen molar-refractivity contribution in [2.75, 3.05) is 4.90 Å². The second-order valence-electron chi connectivity index (χ2n) is 6.78. The van der Waals surface area contributed by atoms with Crippen LogP contribution in [0, 0.1) is 19.7 Å². The van der Waals surface area contributed by atoms with E-state index in [-0.39, 0.29) is 11.7 Å². The lowest BCUT2D eigenvalue weighted by atomic mass is 10.1. The molecule has 28 heavy (non-hydrogen) atoms. The first-order valence-electron chi connectivity index (χ1n) is 9.00. The molecule has 1 amide bonds. The van der Waals surface area contributed by atoms with Gasteiger partial charge in [0.15, 0.2) is 5.13 Å². The van der Waals surface area contributed by atoms with Gasteiger partial charge in [0.1, 0.15) is 5.82 Å². The summed E-state index contributed by atoms with van der Waals surface area (Å²) in [7, 11) is 0. The second-order valence-corrected chi connectivity index (χ2v) is 7.79. The number of aromatic nitrogens is 1. The first kappa shape index (κ1) is 18.3. The molecule has 0 aliphatic heterocycles. The van der Waals surface area contributed by atoms with E-state index >= 15 is 0 Å². The number of halogens is 1. The molecule has 0 N–H and O–H groups in total. The van der Waals surface area contributed by atoms with Gasteiger partial charge in [0, 0.05) is 5.56 Å². The Labute approximate surface area is 167 Å². The maximum atomic E-state index is 13.3. The number of fused-ring (bicyclic) bond motifs is 1. The second kappa shape index (κ2) is 7.52. The van der Waals surface area contributed by atoms with E-state index in [0.29, 0.717) is 17.2 Å². The number of anilines is 1. The molecule has 0 fully saturated rings. The van der Waals surface area contributed by atoms with Crippen LogP contribution in [-0.2, 0) is 6.54 Å². The van der Waals surface area contributed by atoms with E-state index in [1.807, 2.05) is 36.4 Å². The number of rotatable bonds is 4. The van der Waals surface area contributed by atoms with Crippen molar-refractivity contribution >= 4 is 32.6 Å². The lowest BCUT2D eigenvalue weighted by molar-refractivity contribution is 0.0985. The third kappa shape index (κ3) is 3.66. The highest BCUT2D eigenvalue weighted by molar-refractivity contribution is 7.22. The Morgan fingerprint density at radius 2 is 1.68 bits per heavy atom. The van der Waals surface area contributed by atoms with E-state index in [0.717, 1.165) is 15.8 Å². The molecular formula is C23H19FN2OS. The third-order valence-corrected chi connectivity index (χ3v) is 5.78. The Hall–Kier alpha value is -3.05. The number of hydrogen-bond acceptors (Lipinski definition) is 3. The Balaban J connectivity index is 1.78. The predicted molar refractivity (Wildman–Crippen MR) is 112 cm³/mol. The van der Waals surface area contributed by atoms with E-state index in [9.17, 15) is 9.18 Å². The molecule has 5 heteroatoms. The molecule has 0 bridgehead atoms. The van der Waals surface area contributed by atoms with E-state index in [1.54, 1.807) is 4.90 Å². The fourth-order valence-electron chi connectivity index (χ4n) is 3.02. The molecule has 0 radical (unpaired) electrons. The molecule has 0 atom stereocenters. The fraction of sp³-hybridized carbons (Fsp3) is 0.130. The molecule has 140 valence electrons. The first-order valence-corrected chi connectivity index (χ1v) is 9.82. The van der Waals surface area contributed by atoms with Crippen molar-refractivity contribution < 1.29 is 9.18 Å². The van der Waals surface area contributed by atoms with E-state index in [2.05, 4.69) is 19.9 Å². The van der Waals surface area contributed by atoms with E-state index in [1.165, 1.54) is 46.7 Å². The molecule has 3 nitrogen and oxygen atoms in total. The Kier molecular flexibility index (Phi) is 4.92. The molecular weight excluding hydrogens is 371 g/mol. The number of thiazole rings is 1. The zero-order valence-electron chi connectivity index (χ0n) is 15.6. The van der Waals surface area contributed by atoms with Gasteiger partial charge in [-0.2, -0.15) is 0 Å². The van der Waals surface area contributed by atoms with Crippen LogP contribution in [0.4, 0.5) is 9.52 Å². The minimum atomic E-state index is -0.364.